The highest BCUT2D eigenvalue weighted by molar-refractivity contribution is 6.09. The van der Waals surface area contributed by atoms with Gasteiger partial charge in [0.25, 0.3) is 0 Å². The number of ketones is 1. The zero-order chi connectivity index (χ0) is 13.7. The lowest BCUT2D eigenvalue weighted by Gasteiger charge is -2.19. The largest absolute Gasteiger partial charge is 0.360 e. The van der Waals surface area contributed by atoms with Crippen molar-refractivity contribution in [2.75, 3.05) is 0 Å². The zero-order valence-electron chi connectivity index (χ0n) is 12.0. The van der Waals surface area contributed by atoms with E-state index in [1.54, 1.807) is 0 Å². The number of hydrogen-bond donors (Lipinski definition) is 1. The van der Waals surface area contributed by atoms with Gasteiger partial charge in [-0.25, -0.2) is 0 Å². The summed E-state index contributed by atoms with van der Waals surface area (Å²) in [4.78, 5) is 16.2. The number of benzene rings is 1. The molecule has 2 fully saturated rings. The van der Waals surface area contributed by atoms with E-state index in [2.05, 4.69) is 30.1 Å². The van der Waals surface area contributed by atoms with E-state index in [4.69, 9.17) is 0 Å². The summed E-state index contributed by atoms with van der Waals surface area (Å²) in [5, 5.41) is 1.12. The Balaban J connectivity index is 1.73. The second-order valence-electron chi connectivity index (χ2n) is 6.54. The molecule has 2 aromatic rings. The van der Waals surface area contributed by atoms with Crippen LogP contribution in [-0.2, 0) is 6.42 Å². The van der Waals surface area contributed by atoms with E-state index in [0.717, 1.165) is 35.2 Å². The summed E-state index contributed by atoms with van der Waals surface area (Å²) in [6, 6.07) is 6.31. The first-order valence-electron chi connectivity index (χ1n) is 7.91. The van der Waals surface area contributed by atoms with Gasteiger partial charge in [-0.2, -0.15) is 0 Å². The van der Waals surface area contributed by atoms with Gasteiger partial charge in [0.15, 0.2) is 5.78 Å². The van der Waals surface area contributed by atoms with Crippen molar-refractivity contribution in [1.82, 2.24) is 4.98 Å². The van der Waals surface area contributed by atoms with Crippen LogP contribution in [0.4, 0.5) is 0 Å². The molecule has 0 aliphatic heterocycles. The van der Waals surface area contributed by atoms with E-state index in [0.29, 0.717) is 11.7 Å². The first-order valence-corrected chi connectivity index (χ1v) is 7.91. The molecule has 3 unspecified atom stereocenters. The Morgan fingerprint density at radius 2 is 2.20 bits per heavy atom. The van der Waals surface area contributed by atoms with Gasteiger partial charge in [-0.15, -0.1) is 0 Å². The highest BCUT2D eigenvalue weighted by atomic mass is 16.1. The van der Waals surface area contributed by atoms with Crippen molar-refractivity contribution in [3.8, 4) is 0 Å². The molecule has 0 saturated heterocycles. The third-order valence-electron chi connectivity index (χ3n) is 5.52. The van der Waals surface area contributed by atoms with E-state index in [1.165, 1.54) is 24.8 Å². The van der Waals surface area contributed by atoms with Crippen LogP contribution in [-0.4, -0.2) is 10.8 Å². The van der Waals surface area contributed by atoms with Crippen LogP contribution in [0.2, 0.25) is 0 Å². The van der Waals surface area contributed by atoms with Crippen LogP contribution < -0.4 is 0 Å². The Bertz CT molecular complexity index is 669. The average molecular weight is 267 g/mol. The van der Waals surface area contributed by atoms with Crippen molar-refractivity contribution in [3.05, 3.63) is 35.5 Å². The molecule has 1 aromatic heterocycles. The molecule has 0 amide bonds. The summed E-state index contributed by atoms with van der Waals surface area (Å²) >= 11 is 0. The summed E-state index contributed by atoms with van der Waals surface area (Å²) in [6.45, 7) is 2.16. The minimum absolute atomic E-state index is 0.290. The fraction of sp³-hybridized carbons (Fsp3) is 0.500. The van der Waals surface area contributed by atoms with Crippen LogP contribution in [0.15, 0.2) is 24.4 Å². The van der Waals surface area contributed by atoms with Crippen molar-refractivity contribution in [2.45, 2.75) is 39.0 Å². The molecule has 2 aliphatic rings. The van der Waals surface area contributed by atoms with Gasteiger partial charge in [0.05, 0.1) is 0 Å². The van der Waals surface area contributed by atoms with E-state index in [9.17, 15) is 4.79 Å². The molecule has 1 heterocycles. The van der Waals surface area contributed by atoms with Gasteiger partial charge in [-0.05, 0) is 43.1 Å². The molecule has 0 spiro atoms. The van der Waals surface area contributed by atoms with Crippen LogP contribution >= 0.6 is 0 Å². The number of para-hydroxylation sites is 1. The maximum atomic E-state index is 12.9. The second kappa shape index (κ2) is 4.47. The number of hydrogen-bond acceptors (Lipinski definition) is 1. The number of carbonyl (C=O) groups excluding carboxylic acids is 1. The summed E-state index contributed by atoms with van der Waals surface area (Å²) in [5.41, 5.74) is 3.38. The number of Topliss-reactive ketones (excluding diaryl/α,β-unsaturated/α-hetero) is 1. The third-order valence-corrected chi connectivity index (χ3v) is 5.52. The van der Waals surface area contributed by atoms with Gasteiger partial charge < -0.3 is 4.98 Å². The summed E-state index contributed by atoms with van der Waals surface area (Å²) in [7, 11) is 0. The van der Waals surface area contributed by atoms with Crippen molar-refractivity contribution in [3.63, 3.8) is 0 Å². The van der Waals surface area contributed by atoms with E-state index in [-0.39, 0.29) is 5.92 Å². The van der Waals surface area contributed by atoms with E-state index < -0.39 is 0 Å². The van der Waals surface area contributed by atoms with Gasteiger partial charge in [-0.1, -0.05) is 31.5 Å². The molecule has 4 rings (SSSR count). The average Bonchev–Trinajstić information content (AvgIpc) is 3.20. The highest BCUT2D eigenvalue weighted by Gasteiger charge is 2.43. The van der Waals surface area contributed by atoms with E-state index in [1.807, 2.05) is 6.20 Å². The molecule has 2 saturated carbocycles. The lowest BCUT2D eigenvalue weighted by atomic mass is 9.83. The maximum Gasteiger partial charge on any atom is 0.168 e. The molecule has 2 heteroatoms. The minimum atomic E-state index is 0.290. The first-order chi connectivity index (χ1) is 9.78. The Labute approximate surface area is 119 Å². The molecule has 104 valence electrons. The fourth-order valence-corrected chi connectivity index (χ4v) is 4.48. The molecular weight excluding hydrogens is 246 g/mol. The Hall–Kier alpha value is -1.57. The molecule has 20 heavy (non-hydrogen) atoms. The number of rotatable bonds is 3. The Kier molecular flexibility index (Phi) is 2.73. The van der Waals surface area contributed by atoms with Crippen LogP contribution in [0, 0.1) is 17.8 Å². The summed E-state index contributed by atoms with van der Waals surface area (Å²) in [5.74, 6) is 2.16. The lowest BCUT2D eigenvalue weighted by Crippen LogP contribution is -2.20. The van der Waals surface area contributed by atoms with Gasteiger partial charge in [-0.3, -0.25) is 4.79 Å². The van der Waals surface area contributed by atoms with Crippen molar-refractivity contribution in [2.24, 2.45) is 17.8 Å². The zero-order valence-corrected chi connectivity index (χ0v) is 12.0. The number of nitrogens with one attached hydrogen (secondary N) is 1. The third kappa shape index (κ3) is 1.67. The highest BCUT2D eigenvalue weighted by Crippen LogP contribution is 2.49. The van der Waals surface area contributed by atoms with Gasteiger partial charge >= 0.3 is 0 Å². The van der Waals surface area contributed by atoms with Gasteiger partial charge in [0, 0.05) is 28.6 Å². The van der Waals surface area contributed by atoms with Gasteiger partial charge in [0.2, 0.25) is 0 Å². The normalized spacial score (nSPS) is 28.4. The lowest BCUT2D eigenvalue weighted by molar-refractivity contribution is 0.0876. The number of carbonyl (C=O) groups is 1. The van der Waals surface area contributed by atoms with Crippen molar-refractivity contribution < 1.29 is 4.79 Å². The Morgan fingerprint density at radius 1 is 1.30 bits per heavy atom. The topological polar surface area (TPSA) is 32.9 Å². The quantitative estimate of drug-likeness (QED) is 0.824. The number of H-pyrrole nitrogens is 1. The molecule has 2 aliphatic carbocycles. The standard InChI is InChI=1S/C18H21NO/c1-2-12-4-3-5-14-16(10-19-17(12)14)18(20)15-9-11-6-7-13(15)8-11/h3-5,10-11,13,15,19H,2,6-9H2,1H3. The molecule has 2 bridgehead atoms. The van der Waals surface area contributed by atoms with Crippen LogP contribution in [0.25, 0.3) is 10.9 Å². The molecule has 1 aromatic carbocycles. The van der Waals surface area contributed by atoms with Crippen LogP contribution in [0.3, 0.4) is 0 Å². The van der Waals surface area contributed by atoms with Crippen molar-refractivity contribution >= 4 is 16.7 Å². The van der Waals surface area contributed by atoms with Crippen LogP contribution in [0.5, 0.6) is 0 Å². The molecular formula is C18H21NO. The second-order valence-corrected chi connectivity index (χ2v) is 6.54. The molecule has 0 radical (unpaired) electrons. The first kappa shape index (κ1) is 12.2. The number of fused-ring (bicyclic) bond motifs is 3. The molecule has 1 N–H and O–H groups in total. The smallest absolute Gasteiger partial charge is 0.168 e. The molecule has 2 nitrogen and oxygen atoms in total. The molecule has 3 atom stereocenters. The number of aromatic nitrogens is 1. The fourth-order valence-electron chi connectivity index (χ4n) is 4.48. The van der Waals surface area contributed by atoms with E-state index >= 15 is 0 Å². The SMILES string of the molecule is CCc1cccc2c(C(=O)C3CC4CCC3C4)c[nH]c12. The number of aromatic amines is 1. The maximum absolute atomic E-state index is 12.9. The minimum Gasteiger partial charge on any atom is -0.360 e. The number of aryl methyl sites for hydroxylation is 1. The summed E-state index contributed by atoms with van der Waals surface area (Å²) in [6.07, 6.45) is 7.98. The monoisotopic (exact) mass is 267 g/mol. The van der Waals surface area contributed by atoms with Gasteiger partial charge in [0.1, 0.15) is 0 Å². The van der Waals surface area contributed by atoms with Crippen LogP contribution in [0.1, 0.15) is 48.5 Å². The van der Waals surface area contributed by atoms with Crippen molar-refractivity contribution in [1.29, 1.82) is 0 Å². The Morgan fingerprint density at radius 3 is 2.90 bits per heavy atom. The predicted octanol–water partition coefficient (Wildman–Crippen LogP) is 4.35. The predicted molar refractivity (Wildman–Crippen MR) is 80.9 cm³/mol. The summed E-state index contributed by atoms with van der Waals surface area (Å²) < 4.78 is 0.